The maximum Gasteiger partial charge on any atom is 0.264 e. The second-order valence-corrected chi connectivity index (χ2v) is 15.8. The number of aryl methyl sites for hydroxylation is 1. The second-order valence-electron chi connectivity index (χ2n) is 15.3. The molecular weight excluding hydrogens is 722 g/mol. The number of phenols is 1. The molecule has 1 atom stereocenters. The minimum Gasteiger partial charge on any atom is -0.508 e. The molecule has 0 spiro atoms. The highest BCUT2D eigenvalue weighted by Crippen LogP contribution is 2.39. The first-order valence-electron chi connectivity index (χ1n) is 19.7. The molecular formula is C46H46ClN5O4. The van der Waals surface area contributed by atoms with Crippen LogP contribution in [-0.4, -0.2) is 74.7 Å². The number of phenolic OH excluding ortho intramolecular Hbond substituents is 1. The lowest BCUT2D eigenvalue weighted by Crippen LogP contribution is -2.52. The van der Waals surface area contributed by atoms with Crippen LogP contribution in [0.2, 0.25) is 5.02 Å². The number of nitrogens with zero attached hydrogens (tertiary/aromatic N) is 5. The average Bonchev–Trinajstić information content (AvgIpc) is 3.67. The SMILES string of the molecule is Cn1ccc2ccc(N(C(=O)c3cc(-c4cc(Cl)ccc4C(=O)N4Cc5ccccc5C[C@H]4CN4CCOCC4)n4c3CCCCC4)c3ccc(O)cc3)cc21. The van der Waals surface area contributed by atoms with E-state index in [1.165, 1.54) is 11.1 Å². The Morgan fingerprint density at radius 1 is 0.839 bits per heavy atom. The van der Waals surface area contributed by atoms with Gasteiger partial charge in [0.25, 0.3) is 11.8 Å². The van der Waals surface area contributed by atoms with Crippen LogP contribution in [0, 0.1) is 0 Å². The van der Waals surface area contributed by atoms with Gasteiger partial charge in [0.15, 0.2) is 0 Å². The van der Waals surface area contributed by atoms with Gasteiger partial charge in [0.1, 0.15) is 5.75 Å². The lowest BCUT2D eigenvalue weighted by Gasteiger charge is -2.40. The molecule has 4 aromatic carbocycles. The fourth-order valence-corrected chi connectivity index (χ4v) is 9.07. The molecule has 0 radical (unpaired) electrons. The number of halogens is 1. The zero-order valence-electron chi connectivity index (χ0n) is 31.7. The van der Waals surface area contributed by atoms with Crippen molar-refractivity contribution in [3.05, 3.63) is 136 Å². The van der Waals surface area contributed by atoms with Crippen LogP contribution in [0.4, 0.5) is 11.4 Å². The molecule has 2 aromatic heterocycles. The smallest absolute Gasteiger partial charge is 0.264 e. The first kappa shape index (κ1) is 36.3. The summed E-state index contributed by atoms with van der Waals surface area (Å²) < 4.78 is 9.96. The average molecular weight is 768 g/mol. The van der Waals surface area contributed by atoms with Crippen molar-refractivity contribution in [3.63, 3.8) is 0 Å². The third-order valence-electron chi connectivity index (χ3n) is 11.9. The van der Waals surface area contributed by atoms with Crippen LogP contribution in [0.25, 0.3) is 22.2 Å². The highest BCUT2D eigenvalue weighted by Gasteiger charge is 2.35. The Morgan fingerprint density at radius 3 is 2.45 bits per heavy atom. The number of fused-ring (bicyclic) bond motifs is 3. The normalized spacial score (nSPS) is 17.3. The zero-order valence-corrected chi connectivity index (χ0v) is 32.4. The number of rotatable bonds is 7. The van der Waals surface area contributed by atoms with Gasteiger partial charge in [-0.15, -0.1) is 0 Å². The van der Waals surface area contributed by atoms with E-state index in [1.54, 1.807) is 35.2 Å². The Morgan fingerprint density at radius 2 is 1.62 bits per heavy atom. The first-order valence-corrected chi connectivity index (χ1v) is 20.1. The third kappa shape index (κ3) is 6.89. The van der Waals surface area contributed by atoms with Crippen LogP contribution < -0.4 is 4.90 Å². The maximum absolute atomic E-state index is 15.2. The molecule has 1 saturated heterocycles. The molecule has 3 aliphatic rings. The molecule has 1 fully saturated rings. The third-order valence-corrected chi connectivity index (χ3v) is 12.1. The van der Waals surface area contributed by atoms with Gasteiger partial charge in [0, 0.05) is 90.8 Å². The van der Waals surface area contributed by atoms with E-state index < -0.39 is 0 Å². The van der Waals surface area contributed by atoms with Crippen LogP contribution in [0.1, 0.15) is 56.8 Å². The second kappa shape index (κ2) is 15.3. The van der Waals surface area contributed by atoms with E-state index in [1.807, 2.05) is 60.3 Å². The molecule has 9 nitrogen and oxygen atoms in total. The largest absolute Gasteiger partial charge is 0.508 e. The monoisotopic (exact) mass is 767 g/mol. The van der Waals surface area contributed by atoms with Crippen molar-refractivity contribution in [1.82, 2.24) is 18.9 Å². The van der Waals surface area contributed by atoms with Crippen LogP contribution in [0.3, 0.4) is 0 Å². The fourth-order valence-electron chi connectivity index (χ4n) is 8.90. The molecule has 0 saturated carbocycles. The summed E-state index contributed by atoms with van der Waals surface area (Å²) in [6.07, 6.45) is 6.48. The van der Waals surface area contributed by atoms with E-state index in [2.05, 4.69) is 38.6 Å². The van der Waals surface area contributed by atoms with E-state index in [-0.39, 0.29) is 23.6 Å². The Labute approximate surface area is 332 Å². The van der Waals surface area contributed by atoms with Gasteiger partial charge in [-0.2, -0.15) is 0 Å². The predicted molar refractivity (Wildman–Crippen MR) is 221 cm³/mol. The number of morpholine rings is 1. The highest BCUT2D eigenvalue weighted by atomic mass is 35.5. The first-order chi connectivity index (χ1) is 27.3. The fraction of sp³-hybridized carbons (Fsp3) is 0.304. The molecule has 0 bridgehead atoms. The molecule has 9 rings (SSSR count). The van der Waals surface area contributed by atoms with E-state index in [4.69, 9.17) is 16.3 Å². The molecule has 3 aliphatic heterocycles. The Bertz CT molecular complexity index is 2430. The lowest BCUT2D eigenvalue weighted by molar-refractivity contribution is 0.0193. The van der Waals surface area contributed by atoms with Crippen molar-refractivity contribution < 1.29 is 19.4 Å². The maximum atomic E-state index is 15.2. The summed E-state index contributed by atoms with van der Waals surface area (Å²) in [5, 5.41) is 11.8. The summed E-state index contributed by atoms with van der Waals surface area (Å²) in [5.41, 5.74) is 8.51. The van der Waals surface area contributed by atoms with E-state index in [0.717, 1.165) is 91.8 Å². The number of benzene rings is 4. The van der Waals surface area contributed by atoms with Crippen LogP contribution in [0.15, 0.2) is 103 Å². The van der Waals surface area contributed by atoms with Crippen molar-refractivity contribution in [2.24, 2.45) is 7.05 Å². The number of hydrogen-bond acceptors (Lipinski definition) is 5. The van der Waals surface area contributed by atoms with Crippen molar-refractivity contribution in [2.75, 3.05) is 37.7 Å². The number of amides is 2. The van der Waals surface area contributed by atoms with Gasteiger partial charge >= 0.3 is 0 Å². The molecule has 56 heavy (non-hydrogen) atoms. The minimum atomic E-state index is -0.172. The standard InChI is InChI=1S/C46H46ClN5O4/c1-48-20-18-31-10-12-36(27-43(31)48)52(35-13-15-38(53)16-14-35)46(55)41-28-44(50-19-6-2-3-9-42(41)50)40-26-34(47)11-17-39(40)45(54)51-29-33-8-5-4-7-32(33)25-37(51)30-49-21-23-56-24-22-49/h4-5,7-8,10-18,20,26-28,37,53H,2-3,6,9,19,21-25,29-30H2,1H3/t37-/m0/s1. The molecule has 0 aliphatic carbocycles. The summed E-state index contributed by atoms with van der Waals surface area (Å²) >= 11 is 6.79. The van der Waals surface area contributed by atoms with Gasteiger partial charge in [0.2, 0.25) is 0 Å². The molecule has 1 N–H and O–H groups in total. The molecule has 0 unspecified atom stereocenters. The van der Waals surface area contributed by atoms with Gasteiger partial charge in [-0.25, -0.2) is 0 Å². The van der Waals surface area contributed by atoms with E-state index in [0.29, 0.717) is 41.6 Å². The van der Waals surface area contributed by atoms with Crippen molar-refractivity contribution in [1.29, 1.82) is 0 Å². The van der Waals surface area contributed by atoms with Crippen LogP contribution >= 0.6 is 11.6 Å². The van der Waals surface area contributed by atoms with Crippen LogP contribution in [0.5, 0.6) is 5.75 Å². The van der Waals surface area contributed by atoms with Gasteiger partial charge in [-0.3, -0.25) is 19.4 Å². The van der Waals surface area contributed by atoms with Gasteiger partial charge in [-0.05, 0) is 109 Å². The van der Waals surface area contributed by atoms with Crippen molar-refractivity contribution in [2.45, 2.75) is 51.2 Å². The summed E-state index contributed by atoms with van der Waals surface area (Å²) in [6.45, 7) is 5.11. The summed E-state index contributed by atoms with van der Waals surface area (Å²) in [7, 11) is 2.00. The quantitative estimate of drug-likeness (QED) is 0.176. The molecule has 5 heterocycles. The van der Waals surface area contributed by atoms with Crippen molar-refractivity contribution in [3.8, 4) is 17.0 Å². The highest BCUT2D eigenvalue weighted by molar-refractivity contribution is 6.31. The van der Waals surface area contributed by atoms with Crippen LogP contribution in [-0.2, 0) is 37.7 Å². The number of ether oxygens (including phenoxy) is 1. The van der Waals surface area contributed by atoms with E-state index >= 15 is 9.59 Å². The van der Waals surface area contributed by atoms with Gasteiger partial charge < -0.3 is 23.9 Å². The van der Waals surface area contributed by atoms with E-state index in [9.17, 15) is 5.11 Å². The zero-order chi connectivity index (χ0) is 38.3. The Balaban J connectivity index is 1.15. The summed E-state index contributed by atoms with van der Waals surface area (Å²) in [4.78, 5) is 36.5. The van der Waals surface area contributed by atoms with Gasteiger partial charge in [0.05, 0.1) is 24.5 Å². The minimum absolute atomic E-state index is 0.0129. The topological polar surface area (TPSA) is 83.2 Å². The number of carbonyl (C=O) groups excluding carboxylic acids is 2. The number of anilines is 2. The Kier molecular flexibility index (Phi) is 9.91. The number of aromatic nitrogens is 2. The summed E-state index contributed by atoms with van der Waals surface area (Å²) in [5.74, 6) is -0.0843. The predicted octanol–water partition coefficient (Wildman–Crippen LogP) is 8.61. The van der Waals surface area contributed by atoms with Crippen molar-refractivity contribution >= 4 is 45.7 Å². The molecule has 6 aromatic rings. The lowest BCUT2D eigenvalue weighted by atomic mass is 9.92. The molecule has 286 valence electrons. The number of hydrogen-bond donors (Lipinski definition) is 1. The molecule has 2 amide bonds. The van der Waals surface area contributed by atoms with Gasteiger partial charge in [-0.1, -0.05) is 48.4 Å². The number of carbonyl (C=O) groups is 2. The number of aromatic hydroxyl groups is 1. The molecule has 10 heteroatoms. The Hall–Kier alpha value is -5.35. The summed E-state index contributed by atoms with van der Waals surface area (Å²) in [6, 6.07) is 30.8.